The Morgan fingerprint density at radius 2 is 1.09 bits per heavy atom. The van der Waals surface area contributed by atoms with Gasteiger partial charge in [0, 0.05) is 25.8 Å². The van der Waals surface area contributed by atoms with Gasteiger partial charge in [0.05, 0.1) is 0 Å². The van der Waals surface area contributed by atoms with Crippen LogP contribution in [-0.2, 0) is 19.2 Å². The van der Waals surface area contributed by atoms with E-state index in [1.807, 2.05) is 0 Å². The monoisotopic (exact) mass is 498 g/mol. The number of rotatable bonds is 25. The number of unbranched alkanes of at least 4 members (excludes halogenated alkanes) is 14. The number of carbonyl (C=O) groups is 4. The molecule has 0 bridgehead atoms. The van der Waals surface area contributed by atoms with Crippen LogP contribution in [0, 0.1) is 0 Å². The van der Waals surface area contributed by atoms with Crippen molar-refractivity contribution in [2.75, 3.05) is 6.54 Å². The Morgan fingerprint density at radius 1 is 0.600 bits per heavy atom. The molecule has 2 amide bonds. The summed E-state index contributed by atoms with van der Waals surface area (Å²) in [5.74, 6) is -2.24. The second-order valence-corrected chi connectivity index (χ2v) is 9.54. The van der Waals surface area contributed by atoms with E-state index < -0.39 is 18.0 Å². The van der Waals surface area contributed by atoms with Gasteiger partial charge in [-0.15, -0.1) is 0 Å². The van der Waals surface area contributed by atoms with E-state index in [9.17, 15) is 24.3 Å². The summed E-state index contributed by atoms with van der Waals surface area (Å²) in [4.78, 5) is 45.9. The first-order valence-electron chi connectivity index (χ1n) is 13.9. The highest BCUT2D eigenvalue weighted by Gasteiger charge is 2.20. The topological polar surface area (TPSA) is 133 Å². The van der Waals surface area contributed by atoms with E-state index >= 15 is 0 Å². The molecule has 0 aliphatic rings. The van der Waals surface area contributed by atoms with Crippen LogP contribution >= 0.6 is 0 Å². The second-order valence-electron chi connectivity index (χ2n) is 9.54. The molecule has 4 N–H and O–H groups in total. The highest BCUT2D eigenvalue weighted by molar-refractivity contribution is 5.84. The van der Waals surface area contributed by atoms with Crippen LogP contribution in [0.2, 0.25) is 0 Å². The molecule has 1 unspecified atom stereocenters. The summed E-state index contributed by atoms with van der Waals surface area (Å²) in [7, 11) is 0. The van der Waals surface area contributed by atoms with Crippen LogP contribution in [0.4, 0.5) is 0 Å². The Hall–Kier alpha value is -2.12. The summed E-state index contributed by atoms with van der Waals surface area (Å²) in [5, 5.41) is 23.3. The highest BCUT2D eigenvalue weighted by atomic mass is 16.4. The van der Waals surface area contributed by atoms with Crippen LogP contribution in [-0.4, -0.2) is 46.6 Å². The minimum absolute atomic E-state index is 0.0930. The maximum atomic E-state index is 12.1. The van der Waals surface area contributed by atoms with Gasteiger partial charge in [0.1, 0.15) is 6.04 Å². The Morgan fingerprint density at radius 3 is 1.57 bits per heavy atom. The molecule has 35 heavy (non-hydrogen) atoms. The Bertz CT molecular complexity index is 582. The first-order chi connectivity index (χ1) is 16.9. The van der Waals surface area contributed by atoms with Crippen molar-refractivity contribution < 1.29 is 29.4 Å². The molecule has 0 aromatic heterocycles. The standard InChI is InChI=1S/C27H50N2O6/c1-2-3-4-17-22-28-24(30)21-20-23(27(34)35)29-25(31)18-15-13-11-9-7-5-6-8-10-12-14-16-19-26(32)33/h23H,2-22H2,1H3,(H,28,30)(H,29,31)(H,32,33)(H,34,35). The number of carboxylic acid groups (broad SMARTS) is 2. The zero-order valence-corrected chi connectivity index (χ0v) is 22.0. The summed E-state index contributed by atoms with van der Waals surface area (Å²) >= 11 is 0. The maximum Gasteiger partial charge on any atom is 0.326 e. The molecule has 0 rings (SSSR count). The van der Waals surface area contributed by atoms with E-state index in [-0.39, 0.29) is 31.1 Å². The number of aliphatic carboxylic acids is 2. The number of carboxylic acids is 2. The molecule has 0 heterocycles. The van der Waals surface area contributed by atoms with E-state index in [1.165, 1.54) is 32.1 Å². The predicted octanol–water partition coefficient (Wildman–Crippen LogP) is 5.58. The molecule has 0 saturated carbocycles. The van der Waals surface area contributed by atoms with Gasteiger partial charge in [-0.25, -0.2) is 4.79 Å². The first kappa shape index (κ1) is 32.9. The van der Waals surface area contributed by atoms with Crippen molar-refractivity contribution >= 4 is 23.8 Å². The third-order valence-corrected chi connectivity index (χ3v) is 6.19. The van der Waals surface area contributed by atoms with Crippen molar-refractivity contribution in [1.29, 1.82) is 0 Å². The normalized spacial score (nSPS) is 11.7. The fourth-order valence-corrected chi connectivity index (χ4v) is 4.00. The molecule has 0 aliphatic carbocycles. The fraction of sp³-hybridized carbons (Fsp3) is 0.852. The number of amides is 2. The molecular weight excluding hydrogens is 448 g/mol. The molecule has 204 valence electrons. The molecular formula is C27H50N2O6. The number of nitrogens with one attached hydrogen (secondary N) is 2. The van der Waals surface area contributed by atoms with Crippen molar-refractivity contribution in [3.63, 3.8) is 0 Å². The van der Waals surface area contributed by atoms with Crippen LogP contribution in [0.1, 0.15) is 135 Å². The van der Waals surface area contributed by atoms with Gasteiger partial charge in [0.15, 0.2) is 0 Å². The molecule has 8 heteroatoms. The highest BCUT2D eigenvalue weighted by Crippen LogP contribution is 2.13. The summed E-state index contributed by atoms with van der Waals surface area (Å²) in [6.07, 6.45) is 17.9. The molecule has 0 saturated heterocycles. The Kier molecular flexibility index (Phi) is 22.2. The number of hydrogen-bond acceptors (Lipinski definition) is 4. The lowest BCUT2D eigenvalue weighted by atomic mass is 10.0. The fourth-order valence-electron chi connectivity index (χ4n) is 4.00. The van der Waals surface area contributed by atoms with Gasteiger partial charge in [-0.3, -0.25) is 14.4 Å². The SMILES string of the molecule is CCCCCCNC(=O)CCC(NC(=O)CCCCCCCCCCCCCCC(=O)O)C(=O)O. The van der Waals surface area contributed by atoms with Gasteiger partial charge in [0.2, 0.25) is 11.8 Å². The lowest BCUT2D eigenvalue weighted by molar-refractivity contribution is -0.142. The van der Waals surface area contributed by atoms with Crippen molar-refractivity contribution in [2.45, 2.75) is 141 Å². The summed E-state index contributed by atoms with van der Waals surface area (Å²) in [6.45, 7) is 2.74. The zero-order valence-electron chi connectivity index (χ0n) is 22.0. The first-order valence-corrected chi connectivity index (χ1v) is 13.9. The van der Waals surface area contributed by atoms with Gasteiger partial charge in [0.25, 0.3) is 0 Å². The van der Waals surface area contributed by atoms with Crippen molar-refractivity contribution in [1.82, 2.24) is 10.6 Å². The summed E-state index contributed by atoms with van der Waals surface area (Å²) in [5.41, 5.74) is 0. The molecule has 0 aromatic carbocycles. The summed E-state index contributed by atoms with van der Waals surface area (Å²) in [6, 6.07) is -1.02. The minimum atomic E-state index is -1.10. The van der Waals surface area contributed by atoms with Crippen molar-refractivity contribution in [3.05, 3.63) is 0 Å². The van der Waals surface area contributed by atoms with Gasteiger partial charge < -0.3 is 20.8 Å². The van der Waals surface area contributed by atoms with E-state index in [2.05, 4.69) is 17.6 Å². The minimum Gasteiger partial charge on any atom is -0.481 e. The Labute approximate surface area is 212 Å². The van der Waals surface area contributed by atoms with Gasteiger partial charge in [-0.2, -0.15) is 0 Å². The van der Waals surface area contributed by atoms with Crippen molar-refractivity contribution in [2.24, 2.45) is 0 Å². The molecule has 8 nitrogen and oxygen atoms in total. The third kappa shape index (κ3) is 23.4. The van der Waals surface area contributed by atoms with Gasteiger partial charge in [-0.05, 0) is 25.7 Å². The molecule has 0 aromatic rings. The Balaban J connectivity index is 3.67. The number of carbonyl (C=O) groups excluding carboxylic acids is 2. The van der Waals surface area contributed by atoms with Gasteiger partial charge in [-0.1, -0.05) is 90.4 Å². The van der Waals surface area contributed by atoms with Gasteiger partial charge >= 0.3 is 11.9 Å². The second kappa shape index (κ2) is 23.6. The average Bonchev–Trinajstić information content (AvgIpc) is 2.81. The molecule has 0 radical (unpaired) electrons. The van der Waals surface area contributed by atoms with E-state index in [4.69, 9.17) is 5.11 Å². The number of hydrogen-bond donors (Lipinski definition) is 4. The zero-order chi connectivity index (χ0) is 26.2. The predicted molar refractivity (Wildman–Crippen MR) is 138 cm³/mol. The molecule has 0 aliphatic heterocycles. The quantitative estimate of drug-likeness (QED) is 0.121. The lowest BCUT2D eigenvalue weighted by Crippen LogP contribution is -2.41. The van der Waals surface area contributed by atoms with Crippen LogP contribution in [0.25, 0.3) is 0 Å². The largest absolute Gasteiger partial charge is 0.481 e. The van der Waals surface area contributed by atoms with E-state index in [0.29, 0.717) is 13.0 Å². The van der Waals surface area contributed by atoms with Crippen LogP contribution in [0.3, 0.4) is 0 Å². The average molecular weight is 499 g/mol. The van der Waals surface area contributed by atoms with Crippen LogP contribution in [0.15, 0.2) is 0 Å². The maximum absolute atomic E-state index is 12.1. The molecule has 0 spiro atoms. The lowest BCUT2D eigenvalue weighted by Gasteiger charge is -2.14. The summed E-state index contributed by atoms with van der Waals surface area (Å²) < 4.78 is 0. The van der Waals surface area contributed by atoms with E-state index in [0.717, 1.165) is 70.6 Å². The smallest absolute Gasteiger partial charge is 0.326 e. The van der Waals surface area contributed by atoms with E-state index in [1.54, 1.807) is 0 Å². The van der Waals surface area contributed by atoms with Crippen LogP contribution in [0.5, 0.6) is 0 Å². The molecule has 0 fully saturated rings. The van der Waals surface area contributed by atoms with Crippen molar-refractivity contribution in [3.8, 4) is 0 Å². The molecule has 1 atom stereocenters. The van der Waals surface area contributed by atoms with Crippen LogP contribution < -0.4 is 10.6 Å². The third-order valence-electron chi connectivity index (χ3n) is 6.19.